The summed E-state index contributed by atoms with van der Waals surface area (Å²) in [6.45, 7) is 1.85. The summed E-state index contributed by atoms with van der Waals surface area (Å²) in [5.74, 6) is 0.230. The standard InChI is InChI=1S/C9H10O5/c1-5-2-3-6(13-5)9-12-4-7(14-9)8(10)11/h2-3,7,9H,4H2,1H3,(H,10,11). The molecule has 1 fully saturated rings. The summed E-state index contributed by atoms with van der Waals surface area (Å²) in [6, 6.07) is 3.49. The Hall–Kier alpha value is -1.33. The third kappa shape index (κ3) is 1.64. The van der Waals surface area contributed by atoms with Gasteiger partial charge in [0.15, 0.2) is 11.9 Å². The maximum Gasteiger partial charge on any atom is 0.335 e. The highest BCUT2D eigenvalue weighted by atomic mass is 16.7. The van der Waals surface area contributed by atoms with Crippen molar-refractivity contribution in [3.05, 3.63) is 23.7 Å². The Morgan fingerprint density at radius 1 is 1.57 bits per heavy atom. The summed E-state index contributed by atoms with van der Waals surface area (Å²) in [4.78, 5) is 10.5. The van der Waals surface area contributed by atoms with Gasteiger partial charge in [0.05, 0.1) is 6.61 Å². The maximum atomic E-state index is 10.5. The van der Waals surface area contributed by atoms with Crippen LogP contribution in [0.1, 0.15) is 17.8 Å². The molecule has 1 aromatic heterocycles. The van der Waals surface area contributed by atoms with Crippen molar-refractivity contribution in [2.75, 3.05) is 6.61 Å². The van der Waals surface area contributed by atoms with E-state index in [4.69, 9.17) is 19.0 Å². The maximum absolute atomic E-state index is 10.5. The minimum atomic E-state index is -1.02. The Morgan fingerprint density at radius 2 is 2.36 bits per heavy atom. The number of ether oxygens (including phenoxy) is 2. The molecule has 1 aromatic rings. The van der Waals surface area contributed by atoms with E-state index in [1.807, 2.05) is 0 Å². The molecule has 2 heterocycles. The zero-order valence-corrected chi connectivity index (χ0v) is 7.60. The summed E-state index contributed by atoms with van der Waals surface area (Å²) in [5.41, 5.74) is 0. The highest BCUT2D eigenvalue weighted by Crippen LogP contribution is 2.28. The lowest BCUT2D eigenvalue weighted by molar-refractivity contribution is -0.151. The molecule has 0 saturated carbocycles. The molecule has 0 aromatic carbocycles. The van der Waals surface area contributed by atoms with Crippen molar-refractivity contribution in [2.24, 2.45) is 0 Å². The van der Waals surface area contributed by atoms with E-state index in [0.29, 0.717) is 5.76 Å². The third-order valence-corrected chi connectivity index (χ3v) is 1.96. The molecule has 2 rings (SSSR count). The number of aryl methyl sites for hydroxylation is 1. The van der Waals surface area contributed by atoms with E-state index >= 15 is 0 Å². The van der Waals surface area contributed by atoms with E-state index in [1.165, 1.54) is 0 Å². The van der Waals surface area contributed by atoms with Crippen LogP contribution in [0.3, 0.4) is 0 Å². The fourth-order valence-corrected chi connectivity index (χ4v) is 1.26. The van der Waals surface area contributed by atoms with Crippen LogP contribution in [-0.4, -0.2) is 23.8 Å². The van der Waals surface area contributed by atoms with Crippen LogP contribution in [0, 0.1) is 6.92 Å². The summed E-state index contributed by atoms with van der Waals surface area (Å²) >= 11 is 0. The van der Waals surface area contributed by atoms with Crippen molar-refractivity contribution in [2.45, 2.75) is 19.3 Å². The van der Waals surface area contributed by atoms with Crippen LogP contribution in [0.2, 0.25) is 0 Å². The van der Waals surface area contributed by atoms with E-state index in [-0.39, 0.29) is 6.61 Å². The second-order valence-corrected chi connectivity index (χ2v) is 3.08. The second kappa shape index (κ2) is 3.43. The minimum absolute atomic E-state index is 0.0553. The Bertz CT molecular complexity index is 343. The predicted molar refractivity (Wildman–Crippen MR) is 44.6 cm³/mol. The van der Waals surface area contributed by atoms with Crippen molar-refractivity contribution in [3.8, 4) is 0 Å². The monoisotopic (exact) mass is 198 g/mol. The van der Waals surface area contributed by atoms with Crippen LogP contribution in [0.15, 0.2) is 16.5 Å². The van der Waals surface area contributed by atoms with Gasteiger partial charge in [-0.15, -0.1) is 0 Å². The molecule has 1 N–H and O–H groups in total. The zero-order chi connectivity index (χ0) is 10.1. The Labute approximate surface area is 80.2 Å². The molecule has 5 nitrogen and oxygen atoms in total. The van der Waals surface area contributed by atoms with Crippen LogP contribution >= 0.6 is 0 Å². The number of rotatable bonds is 2. The average Bonchev–Trinajstić information content (AvgIpc) is 2.70. The van der Waals surface area contributed by atoms with Crippen molar-refractivity contribution < 1.29 is 23.8 Å². The SMILES string of the molecule is Cc1ccc(C2OCC(C(=O)O)O2)o1. The first kappa shape index (κ1) is 9.23. The molecule has 76 valence electrons. The molecule has 0 radical (unpaired) electrons. The summed E-state index contributed by atoms with van der Waals surface area (Å²) in [7, 11) is 0. The van der Waals surface area contributed by atoms with Gasteiger partial charge in [-0.3, -0.25) is 0 Å². The molecule has 0 aliphatic carbocycles. The summed E-state index contributed by atoms with van der Waals surface area (Å²) in [6.07, 6.45) is -1.59. The van der Waals surface area contributed by atoms with Gasteiger partial charge in [-0.1, -0.05) is 0 Å². The van der Waals surface area contributed by atoms with Gasteiger partial charge in [-0.05, 0) is 19.1 Å². The fraction of sp³-hybridized carbons (Fsp3) is 0.444. The average molecular weight is 198 g/mol. The number of furan rings is 1. The topological polar surface area (TPSA) is 68.9 Å². The molecule has 2 unspecified atom stereocenters. The number of aliphatic carboxylic acids is 1. The second-order valence-electron chi connectivity index (χ2n) is 3.08. The largest absolute Gasteiger partial charge is 0.479 e. The zero-order valence-electron chi connectivity index (χ0n) is 7.60. The number of hydrogen-bond acceptors (Lipinski definition) is 4. The molecule has 14 heavy (non-hydrogen) atoms. The quantitative estimate of drug-likeness (QED) is 0.770. The normalized spacial score (nSPS) is 26.6. The van der Waals surface area contributed by atoms with Crippen molar-refractivity contribution in [1.29, 1.82) is 0 Å². The van der Waals surface area contributed by atoms with Gasteiger partial charge < -0.3 is 19.0 Å². The van der Waals surface area contributed by atoms with E-state index in [1.54, 1.807) is 19.1 Å². The summed E-state index contributed by atoms with van der Waals surface area (Å²) in [5, 5.41) is 8.65. The van der Waals surface area contributed by atoms with Crippen LogP contribution in [0.4, 0.5) is 0 Å². The first-order valence-corrected chi connectivity index (χ1v) is 4.23. The van der Waals surface area contributed by atoms with Gasteiger partial charge in [0, 0.05) is 0 Å². The molecule has 0 bridgehead atoms. The first-order valence-electron chi connectivity index (χ1n) is 4.23. The van der Waals surface area contributed by atoms with Crippen molar-refractivity contribution in [3.63, 3.8) is 0 Å². The molecular weight excluding hydrogens is 188 g/mol. The van der Waals surface area contributed by atoms with Crippen LogP contribution in [0.25, 0.3) is 0 Å². The molecule has 0 amide bonds. The third-order valence-electron chi connectivity index (χ3n) is 1.96. The molecular formula is C9H10O5. The first-order chi connectivity index (χ1) is 6.66. The van der Waals surface area contributed by atoms with E-state index in [2.05, 4.69) is 0 Å². The smallest absolute Gasteiger partial charge is 0.335 e. The van der Waals surface area contributed by atoms with Crippen LogP contribution < -0.4 is 0 Å². The van der Waals surface area contributed by atoms with E-state index in [0.717, 1.165) is 5.76 Å². The minimum Gasteiger partial charge on any atom is -0.479 e. The Kier molecular flexibility index (Phi) is 2.26. The lowest BCUT2D eigenvalue weighted by atomic mass is 10.4. The number of carboxylic acid groups (broad SMARTS) is 1. The molecule has 5 heteroatoms. The van der Waals surface area contributed by atoms with Crippen molar-refractivity contribution in [1.82, 2.24) is 0 Å². The Morgan fingerprint density at radius 3 is 2.86 bits per heavy atom. The molecule has 0 spiro atoms. The molecule has 1 aliphatic rings. The highest BCUT2D eigenvalue weighted by Gasteiger charge is 2.33. The van der Waals surface area contributed by atoms with Gasteiger partial charge in [0.1, 0.15) is 5.76 Å². The van der Waals surface area contributed by atoms with Gasteiger partial charge >= 0.3 is 5.97 Å². The fourth-order valence-electron chi connectivity index (χ4n) is 1.26. The van der Waals surface area contributed by atoms with Gasteiger partial charge in [-0.2, -0.15) is 0 Å². The lowest BCUT2D eigenvalue weighted by Crippen LogP contribution is -2.21. The summed E-state index contributed by atoms with van der Waals surface area (Å²) < 4.78 is 15.5. The van der Waals surface area contributed by atoms with E-state index < -0.39 is 18.4 Å². The molecule has 1 saturated heterocycles. The molecule has 1 aliphatic heterocycles. The molecule has 2 atom stereocenters. The number of carbonyl (C=O) groups is 1. The predicted octanol–water partition coefficient (Wildman–Crippen LogP) is 1.09. The van der Waals surface area contributed by atoms with Crippen LogP contribution in [0.5, 0.6) is 0 Å². The van der Waals surface area contributed by atoms with Gasteiger partial charge in [0.2, 0.25) is 6.29 Å². The van der Waals surface area contributed by atoms with Crippen LogP contribution in [-0.2, 0) is 14.3 Å². The van der Waals surface area contributed by atoms with Crippen molar-refractivity contribution >= 4 is 5.97 Å². The van der Waals surface area contributed by atoms with Gasteiger partial charge in [-0.25, -0.2) is 4.79 Å². The Balaban J connectivity index is 2.05. The highest BCUT2D eigenvalue weighted by molar-refractivity contribution is 5.72. The lowest BCUT2D eigenvalue weighted by Gasteiger charge is -2.05. The number of carboxylic acids is 1. The van der Waals surface area contributed by atoms with Gasteiger partial charge in [0.25, 0.3) is 0 Å². The van der Waals surface area contributed by atoms with E-state index in [9.17, 15) is 4.79 Å². The number of hydrogen-bond donors (Lipinski definition) is 1.